The maximum absolute atomic E-state index is 6.19. The van der Waals surface area contributed by atoms with Crippen molar-refractivity contribution in [2.75, 3.05) is 13.1 Å². The summed E-state index contributed by atoms with van der Waals surface area (Å²) in [5, 5.41) is 0.0822. The first-order valence-electron chi connectivity index (χ1n) is 4.76. The van der Waals surface area contributed by atoms with Crippen LogP contribution in [0.25, 0.3) is 0 Å². The van der Waals surface area contributed by atoms with Crippen LogP contribution in [0.4, 0.5) is 0 Å². The lowest BCUT2D eigenvalue weighted by atomic mass is 10.3. The molecule has 0 aromatic rings. The zero-order chi connectivity index (χ0) is 11.6. The SMILES string of the molecule is CCN(CC)P(C(C)(C)C)[Si](Cl)(Cl)Cl. The predicted octanol–water partition coefficient (Wildman–Crippen LogP) is 4.68. The zero-order valence-electron chi connectivity index (χ0n) is 9.44. The van der Waals surface area contributed by atoms with E-state index in [1.165, 1.54) is 0 Å². The molecule has 0 aromatic carbocycles. The summed E-state index contributed by atoms with van der Waals surface area (Å²) in [6.07, 6.45) is 0. The normalized spacial score (nSPS) is 16.1. The second-order valence-corrected chi connectivity index (χ2v) is 20.1. The highest BCUT2D eigenvalue weighted by molar-refractivity contribution is 8.18. The van der Waals surface area contributed by atoms with Gasteiger partial charge in [-0.25, -0.2) is 0 Å². The van der Waals surface area contributed by atoms with Crippen LogP contribution in [0.3, 0.4) is 0 Å². The molecule has 0 radical (unpaired) electrons. The van der Waals surface area contributed by atoms with E-state index >= 15 is 0 Å². The summed E-state index contributed by atoms with van der Waals surface area (Å²) in [5.74, 6) is 0. The van der Waals surface area contributed by atoms with Gasteiger partial charge in [-0.05, 0) is 18.2 Å². The van der Waals surface area contributed by atoms with Crippen LogP contribution in [0.2, 0.25) is 0 Å². The molecule has 0 saturated heterocycles. The van der Waals surface area contributed by atoms with Crippen molar-refractivity contribution < 1.29 is 0 Å². The molecule has 1 unspecified atom stereocenters. The van der Waals surface area contributed by atoms with Gasteiger partial charge < -0.3 is 0 Å². The van der Waals surface area contributed by atoms with E-state index in [1.807, 2.05) is 0 Å². The summed E-state index contributed by atoms with van der Waals surface area (Å²) in [4.78, 5) is 0. The second-order valence-electron chi connectivity index (χ2n) is 4.09. The molecule has 0 N–H and O–H groups in total. The van der Waals surface area contributed by atoms with E-state index in [2.05, 4.69) is 39.3 Å². The lowest BCUT2D eigenvalue weighted by molar-refractivity contribution is 0.497. The van der Waals surface area contributed by atoms with Crippen LogP contribution >= 0.6 is 40.9 Å². The summed E-state index contributed by atoms with van der Waals surface area (Å²) in [6, 6.07) is 0. The van der Waals surface area contributed by atoms with Crippen LogP contribution in [0, 0.1) is 0 Å². The second kappa shape index (κ2) is 5.70. The van der Waals surface area contributed by atoms with Crippen molar-refractivity contribution in [1.29, 1.82) is 0 Å². The topological polar surface area (TPSA) is 3.24 Å². The Balaban J connectivity index is 4.91. The fourth-order valence-corrected chi connectivity index (χ4v) is 17.8. The van der Waals surface area contributed by atoms with Gasteiger partial charge in [0.25, 0.3) is 0 Å². The smallest absolute Gasteiger partial charge is 0.282 e. The fourth-order valence-electron chi connectivity index (χ4n) is 1.47. The monoisotopic (exact) mass is 293 g/mol. The molecule has 0 aliphatic heterocycles. The minimum Gasteiger partial charge on any atom is -0.282 e. The van der Waals surface area contributed by atoms with Crippen LogP contribution in [0.5, 0.6) is 0 Å². The van der Waals surface area contributed by atoms with Gasteiger partial charge in [-0.3, -0.25) is 4.67 Å². The highest BCUT2D eigenvalue weighted by atomic mass is 35.9. The lowest BCUT2D eigenvalue weighted by Crippen LogP contribution is -2.35. The number of hydrogen-bond acceptors (Lipinski definition) is 1. The van der Waals surface area contributed by atoms with Crippen molar-refractivity contribution >= 4 is 46.5 Å². The average Bonchev–Trinajstić information content (AvgIpc) is 1.94. The predicted molar refractivity (Wildman–Crippen MR) is 72.9 cm³/mol. The Kier molecular flexibility index (Phi) is 6.30. The standard InChI is InChI=1S/C8H19Cl3NPSi/c1-6-12(7-2)13(8(3,4)5)14(9,10)11/h6-7H2,1-5H3. The summed E-state index contributed by atoms with van der Waals surface area (Å²) in [7, 11) is -0.638. The largest absolute Gasteiger partial charge is 0.381 e. The minimum atomic E-state index is -2.62. The summed E-state index contributed by atoms with van der Waals surface area (Å²) >= 11 is 18.6. The maximum Gasteiger partial charge on any atom is 0.381 e. The third-order valence-electron chi connectivity index (χ3n) is 1.89. The van der Waals surface area contributed by atoms with Crippen molar-refractivity contribution in [3.8, 4) is 0 Å². The Morgan fingerprint density at radius 2 is 1.43 bits per heavy atom. The molecule has 0 aromatic heterocycles. The van der Waals surface area contributed by atoms with Crippen molar-refractivity contribution in [1.82, 2.24) is 4.67 Å². The van der Waals surface area contributed by atoms with Crippen LogP contribution < -0.4 is 0 Å². The molecule has 0 bridgehead atoms. The van der Waals surface area contributed by atoms with Crippen LogP contribution in [0.1, 0.15) is 34.6 Å². The van der Waals surface area contributed by atoms with E-state index in [4.69, 9.17) is 33.2 Å². The Labute approximate surface area is 104 Å². The molecule has 1 nitrogen and oxygen atoms in total. The Bertz CT molecular complexity index is 160. The molecule has 0 saturated carbocycles. The number of nitrogens with zero attached hydrogens (tertiary/aromatic N) is 1. The van der Waals surface area contributed by atoms with Crippen molar-refractivity contribution in [3.63, 3.8) is 0 Å². The van der Waals surface area contributed by atoms with Crippen molar-refractivity contribution in [2.45, 2.75) is 39.8 Å². The molecule has 0 rings (SSSR count). The van der Waals surface area contributed by atoms with Gasteiger partial charge in [-0.1, -0.05) is 34.6 Å². The van der Waals surface area contributed by atoms with Gasteiger partial charge in [0.1, 0.15) is 0 Å². The van der Waals surface area contributed by atoms with E-state index in [0.29, 0.717) is 0 Å². The third-order valence-corrected chi connectivity index (χ3v) is 13.4. The van der Waals surface area contributed by atoms with Crippen molar-refractivity contribution in [3.05, 3.63) is 0 Å². The summed E-state index contributed by atoms with van der Waals surface area (Å²) in [5.41, 5.74) is -2.62. The van der Waals surface area contributed by atoms with Gasteiger partial charge in [-0.15, -0.1) is 33.2 Å². The number of hydrogen-bond donors (Lipinski definition) is 0. The maximum atomic E-state index is 6.19. The Morgan fingerprint density at radius 1 is 1.07 bits per heavy atom. The molecule has 14 heavy (non-hydrogen) atoms. The van der Waals surface area contributed by atoms with Crippen LogP contribution in [0.15, 0.2) is 0 Å². The lowest BCUT2D eigenvalue weighted by Gasteiger charge is -2.42. The molecule has 6 heteroatoms. The summed E-state index contributed by atoms with van der Waals surface area (Å²) < 4.78 is 2.31. The van der Waals surface area contributed by atoms with E-state index in [0.717, 1.165) is 13.1 Å². The van der Waals surface area contributed by atoms with E-state index in [1.54, 1.807) is 0 Å². The van der Waals surface area contributed by atoms with Crippen molar-refractivity contribution in [2.24, 2.45) is 0 Å². The van der Waals surface area contributed by atoms with E-state index in [-0.39, 0.29) is 5.16 Å². The molecule has 1 atom stereocenters. The number of halogens is 3. The molecule has 0 amide bonds. The van der Waals surface area contributed by atoms with E-state index < -0.39 is 13.3 Å². The average molecular weight is 295 g/mol. The molecular weight excluding hydrogens is 276 g/mol. The fraction of sp³-hybridized carbons (Fsp3) is 1.00. The molecule has 0 heterocycles. The van der Waals surface area contributed by atoms with Gasteiger partial charge >= 0.3 is 5.67 Å². The minimum absolute atomic E-state index is 0.0822. The Hall–Kier alpha value is 1.48. The quantitative estimate of drug-likeness (QED) is 0.413. The molecular formula is C8H19Cl3NPSi. The van der Waals surface area contributed by atoms with Gasteiger partial charge in [-0.2, -0.15) is 0 Å². The highest BCUT2D eigenvalue weighted by Crippen LogP contribution is 2.64. The first kappa shape index (κ1) is 15.5. The molecule has 86 valence electrons. The number of rotatable bonds is 4. The van der Waals surface area contributed by atoms with Crippen LogP contribution in [-0.4, -0.2) is 28.6 Å². The Morgan fingerprint density at radius 3 is 1.50 bits per heavy atom. The molecule has 0 fully saturated rings. The highest BCUT2D eigenvalue weighted by Gasteiger charge is 2.46. The van der Waals surface area contributed by atoms with Gasteiger partial charge in [0, 0.05) is 7.62 Å². The third kappa shape index (κ3) is 4.55. The molecule has 0 aliphatic carbocycles. The summed E-state index contributed by atoms with van der Waals surface area (Å²) in [6.45, 7) is 12.6. The van der Waals surface area contributed by atoms with E-state index in [9.17, 15) is 0 Å². The van der Waals surface area contributed by atoms with Gasteiger partial charge in [0.15, 0.2) is 0 Å². The first-order chi connectivity index (χ1) is 6.14. The molecule has 0 spiro atoms. The van der Waals surface area contributed by atoms with Gasteiger partial charge in [0.2, 0.25) is 0 Å². The van der Waals surface area contributed by atoms with Gasteiger partial charge in [0.05, 0.1) is 0 Å². The first-order valence-corrected chi connectivity index (χ1v) is 11.9. The zero-order valence-corrected chi connectivity index (χ0v) is 13.6. The molecule has 0 aliphatic rings. The van der Waals surface area contributed by atoms with Crippen LogP contribution in [-0.2, 0) is 0 Å².